The number of aromatic hydroxyl groups is 1. The fraction of sp³-hybridized carbons (Fsp3) is 0.200. The molecule has 0 saturated carbocycles. The summed E-state index contributed by atoms with van der Waals surface area (Å²) >= 11 is 0. The first-order valence-electron chi connectivity index (χ1n) is 5.82. The number of phenolic OH excluding ortho intramolecular Hbond substituents is 1. The number of hydrogen-bond acceptors (Lipinski definition) is 2. The van der Waals surface area contributed by atoms with Crippen molar-refractivity contribution < 1.29 is 9.50 Å². The van der Waals surface area contributed by atoms with Gasteiger partial charge in [-0.2, -0.15) is 0 Å². The molecule has 94 valence electrons. The van der Waals surface area contributed by atoms with Gasteiger partial charge in [-0.3, -0.25) is 0 Å². The molecule has 0 unspecified atom stereocenters. The Kier molecular flexibility index (Phi) is 3.51. The second-order valence-electron chi connectivity index (χ2n) is 4.44. The van der Waals surface area contributed by atoms with E-state index in [0.29, 0.717) is 12.2 Å². The highest BCUT2D eigenvalue weighted by Gasteiger charge is 2.09. The average molecular weight is 245 g/mol. The Labute approximate surface area is 106 Å². The Morgan fingerprint density at radius 1 is 1.17 bits per heavy atom. The lowest BCUT2D eigenvalue weighted by atomic mass is 10.1. The Morgan fingerprint density at radius 2 is 1.89 bits per heavy atom. The molecule has 0 radical (unpaired) electrons. The van der Waals surface area contributed by atoms with E-state index in [9.17, 15) is 9.50 Å². The number of nitrogens with zero attached hydrogens (tertiary/aromatic N) is 1. The molecule has 0 bridgehead atoms. The molecule has 0 heterocycles. The molecule has 1 N–H and O–H groups in total. The van der Waals surface area contributed by atoms with Crippen molar-refractivity contribution in [1.82, 2.24) is 0 Å². The summed E-state index contributed by atoms with van der Waals surface area (Å²) in [6.07, 6.45) is 0. The van der Waals surface area contributed by atoms with E-state index in [1.165, 1.54) is 6.07 Å². The largest absolute Gasteiger partial charge is 0.508 e. The van der Waals surface area contributed by atoms with E-state index in [1.54, 1.807) is 36.2 Å². The minimum absolute atomic E-state index is 0.240. The SMILES string of the molecule is Cc1ccc(O)c(CN(C)c2ccccc2F)c1. The van der Waals surface area contributed by atoms with Crippen LogP contribution in [0.5, 0.6) is 5.75 Å². The second kappa shape index (κ2) is 5.08. The molecule has 0 aromatic heterocycles. The van der Waals surface area contributed by atoms with E-state index in [4.69, 9.17) is 0 Å². The van der Waals surface area contributed by atoms with Gasteiger partial charge in [0.15, 0.2) is 0 Å². The van der Waals surface area contributed by atoms with Crippen LogP contribution in [0.1, 0.15) is 11.1 Å². The van der Waals surface area contributed by atoms with Gasteiger partial charge in [0.1, 0.15) is 11.6 Å². The van der Waals surface area contributed by atoms with E-state index in [2.05, 4.69) is 0 Å². The molecule has 2 nitrogen and oxygen atoms in total. The van der Waals surface area contributed by atoms with E-state index >= 15 is 0 Å². The summed E-state index contributed by atoms with van der Waals surface area (Å²) < 4.78 is 13.6. The third-order valence-electron chi connectivity index (χ3n) is 2.91. The number of anilines is 1. The quantitative estimate of drug-likeness (QED) is 0.895. The molecule has 0 saturated heterocycles. The molecule has 0 aliphatic heterocycles. The summed E-state index contributed by atoms with van der Waals surface area (Å²) in [5.41, 5.74) is 2.39. The number of halogens is 1. The highest BCUT2D eigenvalue weighted by Crippen LogP contribution is 2.24. The van der Waals surface area contributed by atoms with Gasteiger partial charge in [0.2, 0.25) is 0 Å². The number of hydrogen-bond donors (Lipinski definition) is 1. The van der Waals surface area contributed by atoms with Crippen molar-refractivity contribution in [1.29, 1.82) is 0 Å². The van der Waals surface area contributed by atoms with Crippen LogP contribution in [0.2, 0.25) is 0 Å². The minimum atomic E-state index is -0.257. The molecule has 0 atom stereocenters. The molecule has 0 aliphatic rings. The Balaban J connectivity index is 2.24. The normalized spacial score (nSPS) is 10.4. The number of benzene rings is 2. The number of phenols is 1. The van der Waals surface area contributed by atoms with Gasteiger partial charge >= 0.3 is 0 Å². The molecule has 2 rings (SSSR count). The lowest BCUT2D eigenvalue weighted by molar-refractivity contribution is 0.467. The zero-order chi connectivity index (χ0) is 13.1. The zero-order valence-electron chi connectivity index (χ0n) is 10.5. The highest BCUT2D eigenvalue weighted by atomic mass is 19.1. The zero-order valence-corrected chi connectivity index (χ0v) is 10.5. The number of para-hydroxylation sites is 1. The molecular weight excluding hydrogens is 229 g/mol. The van der Waals surface area contributed by atoms with E-state index in [-0.39, 0.29) is 11.6 Å². The first-order valence-corrected chi connectivity index (χ1v) is 5.82. The van der Waals surface area contributed by atoms with Gasteiger partial charge in [0.05, 0.1) is 5.69 Å². The standard InChI is InChI=1S/C15H16FNO/c1-11-7-8-15(18)12(9-11)10-17(2)14-6-4-3-5-13(14)16/h3-9,18H,10H2,1-2H3. The van der Waals surface area contributed by atoms with Crippen LogP contribution >= 0.6 is 0 Å². The van der Waals surface area contributed by atoms with Crippen molar-refractivity contribution in [3.8, 4) is 5.75 Å². The van der Waals surface area contributed by atoms with Crippen LogP contribution in [0.15, 0.2) is 42.5 Å². The van der Waals surface area contributed by atoms with Crippen molar-refractivity contribution in [3.05, 3.63) is 59.4 Å². The van der Waals surface area contributed by atoms with E-state index < -0.39 is 0 Å². The lowest BCUT2D eigenvalue weighted by Gasteiger charge is -2.20. The number of aryl methyl sites for hydroxylation is 1. The third kappa shape index (κ3) is 2.62. The van der Waals surface area contributed by atoms with Gasteiger partial charge in [-0.1, -0.05) is 29.8 Å². The molecular formula is C15H16FNO. The van der Waals surface area contributed by atoms with Gasteiger partial charge in [-0.25, -0.2) is 4.39 Å². The molecule has 3 heteroatoms. The summed E-state index contributed by atoms with van der Waals surface area (Å²) in [5, 5.41) is 9.78. The predicted molar refractivity (Wildman–Crippen MR) is 71.4 cm³/mol. The van der Waals surface area contributed by atoms with Crippen molar-refractivity contribution >= 4 is 5.69 Å². The van der Waals surface area contributed by atoms with Gasteiger partial charge in [0, 0.05) is 19.2 Å². The molecule has 2 aromatic rings. The summed E-state index contributed by atoms with van der Waals surface area (Å²) in [6.45, 7) is 2.43. The van der Waals surface area contributed by atoms with Crippen LogP contribution in [-0.2, 0) is 6.54 Å². The van der Waals surface area contributed by atoms with Gasteiger partial charge in [-0.05, 0) is 25.1 Å². The predicted octanol–water partition coefficient (Wildman–Crippen LogP) is 3.48. The maximum absolute atomic E-state index is 13.6. The second-order valence-corrected chi connectivity index (χ2v) is 4.44. The topological polar surface area (TPSA) is 23.5 Å². The molecule has 0 spiro atoms. The smallest absolute Gasteiger partial charge is 0.146 e. The molecule has 0 amide bonds. The molecule has 0 aliphatic carbocycles. The van der Waals surface area contributed by atoms with Crippen LogP contribution in [-0.4, -0.2) is 12.2 Å². The van der Waals surface area contributed by atoms with Gasteiger partial charge in [0.25, 0.3) is 0 Å². The van der Waals surface area contributed by atoms with Crippen LogP contribution < -0.4 is 4.90 Å². The molecule has 18 heavy (non-hydrogen) atoms. The number of rotatable bonds is 3. The highest BCUT2D eigenvalue weighted by molar-refractivity contribution is 5.48. The lowest BCUT2D eigenvalue weighted by Crippen LogP contribution is -2.17. The minimum Gasteiger partial charge on any atom is -0.508 e. The molecule has 0 fully saturated rings. The first-order chi connectivity index (χ1) is 8.58. The van der Waals surface area contributed by atoms with Crippen LogP contribution in [0.3, 0.4) is 0 Å². The first kappa shape index (κ1) is 12.4. The van der Waals surface area contributed by atoms with Gasteiger partial charge < -0.3 is 10.0 Å². The van der Waals surface area contributed by atoms with E-state index in [1.807, 2.05) is 19.1 Å². The fourth-order valence-corrected chi connectivity index (χ4v) is 1.94. The monoisotopic (exact) mass is 245 g/mol. The summed E-state index contributed by atoms with van der Waals surface area (Å²) in [6, 6.07) is 12.0. The van der Waals surface area contributed by atoms with Crippen molar-refractivity contribution in [3.63, 3.8) is 0 Å². The van der Waals surface area contributed by atoms with Crippen LogP contribution in [0.25, 0.3) is 0 Å². The van der Waals surface area contributed by atoms with Crippen molar-refractivity contribution in [2.24, 2.45) is 0 Å². The average Bonchev–Trinajstić information content (AvgIpc) is 2.34. The summed E-state index contributed by atoms with van der Waals surface area (Å²) in [5.74, 6) is -0.0177. The Bertz CT molecular complexity index is 554. The maximum atomic E-state index is 13.6. The summed E-state index contributed by atoms with van der Waals surface area (Å²) in [7, 11) is 1.81. The van der Waals surface area contributed by atoms with Crippen LogP contribution in [0, 0.1) is 12.7 Å². The fourth-order valence-electron chi connectivity index (χ4n) is 1.94. The van der Waals surface area contributed by atoms with Crippen molar-refractivity contribution in [2.45, 2.75) is 13.5 Å². The third-order valence-corrected chi connectivity index (χ3v) is 2.91. The van der Waals surface area contributed by atoms with Crippen LogP contribution in [0.4, 0.5) is 10.1 Å². The Hall–Kier alpha value is -2.03. The maximum Gasteiger partial charge on any atom is 0.146 e. The summed E-state index contributed by atoms with van der Waals surface area (Å²) in [4.78, 5) is 1.78. The van der Waals surface area contributed by atoms with Crippen molar-refractivity contribution in [2.75, 3.05) is 11.9 Å². The molecule has 2 aromatic carbocycles. The Morgan fingerprint density at radius 3 is 2.61 bits per heavy atom. The van der Waals surface area contributed by atoms with E-state index in [0.717, 1.165) is 11.1 Å². The van der Waals surface area contributed by atoms with Gasteiger partial charge in [-0.15, -0.1) is 0 Å².